The minimum Gasteiger partial charge on any atom is -0.497 e. The second kappa shape index (κ2) is 14.4. The fourth-order valence-electron chi connectivity index (χ4n) is 5.75. The maximum absolute atomic E-state index is 15.8. The monoisotopic (exact) mass is 709 g/mol. The van der Waals surface area contributed by atoms with E-state index >= 15 is 4.39 Å². The van der Waals surface area contributed by atoms with Gasteiger partial charge in [0.15, 0.2) is 5.13 Å². The van der Waals surface area contributed by atoms with Crippen LogP contribution in [-0.2, 0) is 21.3 Å². The predicted octanol–water partition coefficient (Wildman–Crippen LogP) is 6.28. The molecule has 2 aliphatic rings. The SMILES string of the molecule is COc1ccc(CN(c2nccs2)S(=O)(=O)c2cc(Cl)c(N[C@H]3CCCC[C@@H]3NC3CN(C(=O)OC(C)(C)C)C3)cc2F)c(OC)c1. The van der Waals surface area contributed by atoms with Crippen molar-refractivity contribution in [3.8, 4) is 11.5 Å². The lowest BCUT2D eigenvalue weighted by Crippen LogP contribution is -2.64. The number of aromatic nitrogens is 1. The van der Waals surface area contributed by atoms with Gasteiger partial charge in [-0.05, 0) is 57.9 Å². The van der Waals surface area contributed by atoms with Crippen LogP contribution in [0.4, 0.5) is 20.0 Å². The highest BCUT2D eigenvalue weighted by Gasteiger charge is 2.37. The number of carbonyl (C=O) groups is 1. The van der Waals surface area contributed by atoms with Crippen molar-refractivity contribution in [2.75, 3.05) is 36.9 Å². The van der Waals surface area contributed by atoms with Gasteiger partial charge in [0.25, 0.3) is 10.0 Å². The van der Waals surface area contributed by atoms with E-state index in [4.69, 9.17) is 25.8 Å². The van der Waals surface area contributed by atoms with Crippen LogP contribution in [0.1, 0.15) is 52.0 Å². The molecule has 1 aromatic heterocycles. The maximum Gasteiger partial charge on any atom is 0.410 e. The number of methoxy groups -OCH3 is 2. The van der Waals surface area contributed by atoms with Crippen molar-refractivity contribution in [3.05, 3.63) is 58.3 Å². The number of rotatable bonds is 11. The molecule has 1 aliphatic carbocycles. The first kappa shape index (κ1) is 35.0. The first-order chi connectivity index (χ1) is 22.3. The standard InChI is InChI=1S/C32H41ClFN5O6S2/c1-32(2,3)45-31(40)38-18-21(19-38)36-25-8-6-7-9-26(25)37-27-16-24(34)29(15-23(27)33)47(41,42)39(30-35-12-13-46-30)17-20-10-11-22(43-4)14-28(20)44-5/h10-16,21,25-26,36-37H,6-9,17-19H2,1-5H3/t25-,26-/m0/s1. The largest absolute Gasteiger partial charge is 0.497 e. The number of ether oxygens (including phenoxy) is 3. The lowest BCUT2D eigenvalue weighted by atomic mass is 9.89. The molecule has 3 aromatic rings. The van der Waals surface area contributed by atoms with E-state index in [9.17, 15) is 13.2 Å². The van der Waals surface area contributed by atoms with Gasteiger partial charge in [-0.1, -0.05) is 24.4 Å². The van der Waals surface area contributed by atoms with Crippen LogP contribution in [0, 0.1) is 5.82 Å². The molecular formula is C32H41ClFN5O6S2. The van der Waals surface area contributed by atoms with Crippen molar-refractivity contribution < 1.29 is 31.8 Å². The number of hydrogen-bond acceptors (Lipinski definition) is 10. The van der Waals surface area contributed by atoms with E-state index in [1.165, 1.54) is 20.4 Å². The highest BCUT2D eigenvalue weighted by atomic mass is 35.5. The van der Waals surface area contributed by atoms with E-state index in [0.717, 1.165) is 53.5 Å². The van der Waals surface area contributed by atoms with Crippen molar-refractivity contribution in [2.45, 2.75) is 81.6 Å². The Bertz CT molecular complexity index is 1660. The number of halogens is 2. The number of sulfonamides is 1. The number of amides is 1. The Labute approximate surface area is 284 Å². The molecular weight excluding hydrogens is 669 g/mol. The van der Waals surface area contributed by atoms with Gasteiger partial charge < -0.3 is 29.7 Å². The summed E-state index contributed by atoms with van der Waals surface area (Å²) in [6, 6.07) is 7.41. The molecule has 47 heavy (non-hydrogen) atoms. The number of nitrogens with zero attached hydrogens (tertiary/aromatic N) is 3. The Morgan fingerprint density at radius 1 is 1.13 bits per heavy atom. The van der Waals surface area contributed by atoms with E-state index in [1.54, 1.807) is 28.5 Å². The number of anilines is 2. The predicted molar refractivity (Wildman–Crippen MR) is 181 cm³/mol. The van der Waals surface area contributed by atoms with Crippen molar-refractivity contribution in [1.82, 2.24) is 15.2 Å². The molecule has 0 radical (unpaired) electrons. The summed E-state index contributed by atoms with van der Waals surface area (Å²) >= 11 is 7.77. The Morgan fingerprint density at radius 3 is 2.49 bits per heavy atom. The Hall–Kier alpha value is -3.33. The molecule has 5 rings (SSSR count). The van der Waals surface area contributed by atoms with Gasteiger partial charge in [-0.15, -0.1) is 11.3 Å². The van der Waals surface area contributed by atoms with Crippen molar-refractivity contribution >= 4 is 49.9 Å². The minimum atomic E-state index is -4.46. The summed E-state index contributed by atoms with van der Waals surface area (Å²) in [4.78, 5) is 17.7. The van der Waals surface area contributed by atoms with E-state index in [2.05, 4.69) is 15.6 Å². The van der Waals surface area contributed by atoms with Crippen LogP contribution in [0.5, 0.6) is 11.5 Å². The highest BCUT2D eigenvalue weighted by Crippen LogP contribution is 2.36. The maximum atomic E-state index is 15.8. The summed E-state index contributed by atoms with van der Waals surface area (Å²) in [6.07, 6.45) is 4.88. The van der Waals surface area contributed by atoms with Crippen LogP contribution < -0.4 is 24.4 Å². The molecule has 15 heteroatoms. The van der Waals surface area contributed by atoms with Gasteiger partial charge in [-0.2, -0.15) is 0 Å². The average molecular weight is 710 g/mol. The molecule has 0 unspecified atom stereocenters. The van der Waals surface area contributed by atoms with Gasteiger partial charge in [0, 0.05) is 54.4 Å². The van der Waals surface area contributed by atoms with Gasteiger partial charge in [-0.25, -0.2) is 26.9 Å². The normalized spacial score (nSPS) is 18.7. The van der Waals surface area contributed by atoms with Crippen LogP contribution in [0.15, 0.2) is 46.8 Å². The average Bonchev–Trinajstić information content (AvgIpc) is 3.53. The molecule has 2 aromatic carbocycles. The number of benzene rings is 2. The zero-order valence-electron chi connectivity index (χ0n) is 27.1. The summed E-state index contributed by atoms with van der Waals surface area (Å²) in [6.45, 7) is 6.43. The summed E-state index contributed by atoms with van der Waals surface area (Å²) in [5.41, 5.74) is 0.289. The molecule has 1 saturated heterocycles. The van der Waals surface area contributed by atoms with E-state index in [1.807, 2.05) is 20.8 Å². The molecule has 0 bridgehead atoms. The van der Waals surface area contributed by atoms with Gasteiger partial charge >= 0.3 is 6.09 Å². The van der Waals surface area contributed by atoms with Crippen molar-refractivity contribution in [2.24, 2.45) is 0 Å². The number of carbonyl (C=O) groups excluding carboxylic acids is 1. The van der Waals surface area contributed by atoms with Crippen molar-refractivity contribution in [1.29, 1.82) is 0 Å². The second-order valence-electron chi connectivity index (χ2n) is 12.7. The van der Waals surface area contributed by atoms with Crippen LogP contribution in [0.3, 0.4) is 0 Å². The number of hydrogen-bond donors (Lipinski definition) is 2. The zero-order valence-corrected chi connectivity index (χ0v) is 29.5. The van der Waals surface area contributed by atoms with Crippen molar-refractivity contribution in [3.63, 3.8) is 0 Å². The third-order valence-electron chi connectivity index (χ3n) is 8.12. The highest BCUT2D eigenvalue weighted by molar-refractivity contribution is 7.93. The first-order valence-corrected chi connectivity index (χ1v) is 18.1. The van der Waals surface area contributed by atoms with E-state index < -0.39 is 26.3 Å². The molecule has 2 fully saturated rings. The number of thiazole rings is 1. The van der Waals surface area contributed by atoms with Gasteiger partial charge in [-0.3, -0.25) is 0 Å². The third-order valence-corrected chi connectivity index (χ3v) is 11.1. The van der Waals surface area contributed by atoms with E-state index in [-0.39, 0.29) is 40.9 Å². The second-order valence-corrected chi connectivity index (χ2v) is 15.8. The van der Waals surface area contributed by atoms with Gasteiger partial charge in [0.2, 0.25) is 0 Å². The Morgan fingerprint density at radius 2 is 1.85 bits per heavy atom. The Kier molecular flexibility index (Phi) is 10.7. The summed E-state index contributed by atoms with van der Waals surface area (Å²) in [7, 11) is -1.46. The molecule has 2 atom stereocenters. The van der Waals surface area contributed by atoms with Crippen LogP contribution in [-0.4, -0.2) is 75.4 Å². The molecule has 256 valence electrons. The smallest absolute Gasteiger partial charge is 0.410 e. The molecule has 0 spiro atoms. The summed E-state index contributed by atoms with van der Waals surface area (Å²) in [5, 5.41) is 8.90. The molecule has 1 amide bonds. The first-order valence-electron chi connectivity index (χ1n) is 15.4. The van der Waals surface area contributed by atoms with Crippen LogP contribution in [0.2, 0.25) is 5.02 Å². The minimum absolute atomic E-state index is 0.0527. The number of nitrogens with one attached hydrogen (secondary N) is 2. The summed E-state index contributed by atoms with van der Waals surface area (Å²) < 4.78 is 61.2. The van der Waals surface area contributed by atoms with E-state index in [0.29, 0.717) is 35.8 Å². The zero-order chi connectivity index (χ0) is 33.9. The number of likely N-dealkylation sites (tertiary alicyclic amines) is 1. The lowest BCUT2D eigenvalue weighted by molar-refractivity contribution is 0.00349. The van der Waals surface area contributed by atoms with Gasteiger partial charge in [0.1, 0.15) is 27.8 Å². The molecule has 1 saturated carbocycles. The topological polar surface area (TPSA) is 122 Å². The third kappa shape index (κ3) is 8.22. The quantitative estimate of drug-likeness (QED) is 0.237. The molecule has 11 nitrogen and oxygen atoms in total. The van der Waals surface area contributed by atoms with Gasteiger partial charge in [0.05, 0.1) is 31.5 Å². The molecule has 1 aliphatic heterocycles. The molecule has 2 N–H and O–H groups in total. The fourth-order valence-corrected chi connectivity index (χ4v) is 8.38. The van der Waals surface area contributed by atoms with Crippen LogP contribution in [0.25, 0.3) is 0 Å². The Balaban J connectivity index is 1.32. The fraction of sp³-hybridized carbons (Fsp3) is 0.500. The van der Waals surface area contributed by atoms with Crippen LogP contribution >= 0.6 is 22.9 Å². The molecule has 2 heterocycles. The lowest BCUT2D eigenvalue weighted by Gasteiger charge is -2.44. The summed E-state index contributed by atoms with van der Waals surface area (Å²) in [5.74, 6) is 0.0164.